The van der Waals surface area contributed by atoms with Gasteiger partial charge >= 0.3 is 0 Å². The van der Waals surface area contributed by atoms with Crippen molar-refractivity contribution < 1.29 is 9.53 Å². The highest BCUT2D eigenvalue weighted by molar-refractivity contribution is 5.48. The van der Waals surface area contributed by atoms with Crippen molar-refractivity contribution in [1.29, 1.82) is 0 Å². The van der Waals surface area contributed by atoms with Gasteiger partial charge in [0.15, 0.2) is 5.75 Å². The van der Waals surface area contributed by atoms with Crippen molar-refractivity contribution in [3.63, 3.8) is 0 Å². The zero-order chi connectivity index (χ0) is 8.27. The summed E-state index contributed by atoms with van der Waals surface area (Å²) in [7, 11) is 0. The number of rotatable bonds is 2. The number of carbonyl (C=O) groups excluding carboxylic acids is 1. The van der Waals surface area contributed by atoms with Crippen LogP contribution < -0.4 is 4.74 Å². The van der Waals surface area contributed by atoms with Gasteiger partial charge in [0.25, 0.3) is 6.47 Å². The monoisotopic (exact) mass is 151 g/mol. The number of pyridine rings is 1. The number of hydrogen-bond donors (Lipinski definition) is 0. The molecule has 0 atom stereocenters. The number of aromatic nitrogens is 1. The van der Waals surface area contributed by atoms with E-state index in [1.165, 1.54) is 0 Å². The van der Waals surface area contributed by atoms with E-state index in [2.05, 4.69) is 4.98 Å². The van der Waals surface area contributed by atoms with Gasteiger partial charge in [-0.25, -0.2) is 0 Å². The first-order valence-corrected chi connectivity index (χ1v) is 3.28. The second kappa shape index (κ2) is 3.14. The molecule has 1 aromatic heterocycles. The van der Waals surface area contributed by atoms with E-state index in [1.807, 2.05) is 6.92 Å². The van der Waals surface area contributed by atoms with Crippen molar-refractivity contribution in [2.45, 2.75) is 13.8 Å². The molecule has 0 aliphatic carbocycles. The predicted octanol–water partition coefficient (Wildman–Crippen LogP) is 1.23. The minimum atomic E-state index is 0.414. The van der Waals surface area contributed by atoms with Crippen molar-refractivity contribution in [3.05, 3.63) is 23.5 Å². The first kappa shape index (κ1) is 7.72. The maximum absolute atomic E-state index is 10.0. The fourth-order valence-electron chi connectivity index (χ4n) is 0.907. The second-order valence-corrected chi connectivity index (χ2v) is 2.26. The van der Waals surface area contributed by atoms with Crippen LogP contribution >= 0.6 is 0 Å². The zero-order valence-corrected chi connectivity index (χ0v) is 6.50. The summed E-state index contributed by atoms with van der Waals surface area (Å²) < 4.78 is 4.72. The summed E-state index contributed by atoms with van der Waals surface area (Å²) >= 11 is 0. The Morgan fingerprint density at radius 1 is 1.55 bits per heavy atom. The summed E-state index contributed by atoms with van der Waals surface area (Å²) in [5.41, 5.74) is 1.65. The minimum Gasteiger partial charge on any atom is -0.427 e. The highest BCUT2D eigenvalue weighted by Gasteiger charge is 2.02. The molecule has 3 heteroatoms. The Labute approximate surface area is 65.0 Å². The molecule has 0 fully saturated rings. The molecule has 0 radical (unpaired) electrons. The molecule has 3 nitrogen and oxygen atoms in total. The van der Waals surface area contributed by atoms with Crippen LogP contribution in [0.3, 0.4) is 0 Å². The molecule has 0 amide bonds. The molecule has 58 valence electrons. The molecule has 11 heavy (non-hydrogen) atoms. The summed E-state index contributed by atoms with van der Waals surface area (Å²) in [5, 5.41) is 0. The fraction of sp³-hybridized carbons (Fsp3) is 0.250. The molecule has 0 saturated carbocycles. The molecule has 1 heterocycles. The van der Waals surface area contributed by atoms with Gasteiger partial charge in [0.1, 0.15) is 0 Å². The molecule has 0 spiro atoms. The molecule has 0 N–H and O–H groups in total. The van der Waals surface area contributed by atoms with Gasteiger partial charge in [0.2, 0.25) is 0 Å². The predicted molar refractivity (Wildman–Crippen MR) is 40.4 cm³/mol. The van der Waals surface area contributed by atoms with Crippen LogP contribution in [0.25, 0.3) is 0 Å². The van der Waals surface area contributed by atoms with Crippen molar-refractivity contribution in [2.75, 3.05) is 0 Å². The van der Waals surface area contributed by atoms with Gasteiger partial charge in [0, 0.05) is 6.20 Å². The van der Waals surface area contributed by atoms with E-state index in [1.54, 1.807) is 19.2 Å². The van der Waals surface area contributed by atoms with Crippen molar-refractivity contribution in [1.82, 2.24) is 4.98 Å². The molecule has 0 aliphatic heterocycles. The van der Waals surface area contributed by atoms with Crippen LogP contribution in [0.1, 0.15) is 11.3 Å². The molecule has 1 rings (SSSR count). The lowest BCUT2D eigenvalue weighted by molar-refractivity contribution is -0.120. The normalized spacial score (nSPS) is 9.27. The fourth-order valence-corrected chi connectivity index (χ4v) is 0.907. The molecule has 0 aliphatic rings. The minimum absolute atomic E-state index is 0.414. The number of nitrogens with zero attached hydrogens (tertiary/aromatic N) is 1. The van der Waals surface area contributed by atoms with Gasteiger partial charge in [-0.05, 0) is 25.5 Å². The number of ether oxygens (including phenoxy) is 1. The Morgan fingerprint density at radius 2 is 2.27 bits per heavy atom. The zero-order valence-electron chi connectivity index (χ0n) is 6.50. The van der Waals surface area contributed by atoms with Gasteiger partial charge in [-0.15, -0.1) is 0 Å². The number of hydrogen-bond acceptors (Lipinski definition) is 3. The largest absolute Gasteiger partial charge is 0.427 e. The Balaban J connectivity index is 3.09. The summed E-state index contributed by atoms with van der Waals surface area (Å²) in [6.45, 7) is 4.08. The average Bonchev–Trinajstić information content (AvgIpc) is 1.97. The summed E-state index contributed by atoms with van der Waals surface area (Å²) in [5.74, 6) is 0.558. The van der Waals surface area contributed by atoms with E-state index in [4.69, 9.17) is 4.74 Å². The topological polar surface area (TPSA) is 39.2 Å². The lowest BCUT2D eigenvalue weighted by Gasteiger charge is -2.03. The second-order valence-electron chi connectivity index (χ2n) is 2.26. The Kier molecular flexibility index (Phi) is 2.21. The van der Waals surface area contributed by atoms with Gasteiger partial charge in [-0.2, -0.15) is 0 Å². The van der Waals surface area contributed by atoms with Gasteiger partial charge in [-0.1, -0.05) is 0 Å². The Hall–Kier alpha value is -1.38. The van der Waals surface area contributed by atoms with Crippen LogP contribution in [0.5, 0.6) is 5.75 Å². The highest BCUT2D eigenvalue weighted by atomic mass is 16.5. The summed E-state index contributed by atoms with van der Waals surface area (Å²) in [6.07, 6.45) is 1.68. The SMILES string of the molecule is Cc1ccnc(C)c1OC=O. The van der Waals surface area contributed by atoms with Crippen LogP contribution in [0.4, 0.5) is 0 Å². The Morgan fingerprint density at radius 3 is 2.82 bits per heavy atom. The molecule has 0 bridgehead atoms. The summed E-state index contributed by atoms with van der Waals surface area (Å²) in [6, 6.07) is 1.80. The average molecular weight is 151 g/mol. The maximum Gasteiger partial charge on any atom is 0.298 e. The molecular weight excluding hydrogens is 142 g/mol. The van der Waals surface area contributed by atoms with E-state index >= 15 is 0 Å². The standard InChI is InChI=1S/C8H9NO2/c1-6-3-4-9-7(2)8(6)11-5-10/h3-5H,1-2H3. The van der Waals surface area contributed by atoms with Crippen molar-refractivity contribution in [2.24, 2.45) is 0 Å². The first-order chi connectivity index (χ1) is 5.25. The Bertz CT molecular complexity index is 251. The van der Waals surface area contributed by atoms with Gasteiger partial charge < -0.3 is 4.74 Å². The third-order valence-electron chi connectivity index (χ3n) is 1.45. The first-order valence-electron chi connectivity index (χ1n) is 3.28. The third kappa shape index (κ3) is 1.55. The van der Waals surface area contributed by atoms with Crippen LogP contribution in [0, 0.1) is 13.8 Å². The van der Waals surface area contributed by atoms with Crippen molar-refractivity contribution in [3.8, 4) is 5.75 Å². The van der Waals surface area contributed by atoms with Crippen LogP contribution in [0.15, 0.2) is 12.3 Å². The molecular formula is C8H9NO2. The number of carbonyl (C=O) groups is 1. The quantitative estimate of drug-likeness (QED) is 0.597. The van der Waals surface area contributed by atoms with Crippen LogP contribution in [-0.2, 0) is 4.79 Å². The van der Waals surface area contributed by atoms with E-state index in [-0.39, 0.29) is 0 Å². The van der Waals surface area contributed by atoms with E-state index < -0.39 is 0 Å². The lowest BCUT2D eigenvalue weighted by atomic mass is 10.2. The van der Waals surface area contributed by atoms with Crippen LogP contribution in [-0.4, -0.2) is 11.5 Å². The highest BCUT2D eigenvalue weighted by Crippen LogP contribution is 2.18. The van der Waals surface area contributed by atoms with E-state index in [9.17, 15) is 4.79 Å². The molecule has 0 saturated heterocycles. The van der Waals surface area contributed by atoms with Gasteiger partial charge in [-0.3, -0.25) is 9.78 Å². The molecule has 1 aromatic rings. The van der Waals surface area contributed by atoms with Gasteiger partial charge in [0.05, 0.1) is 5.69 Å². The molecule has 0 unspecified atom stereocenters. The molecule has 0 aromatic carbocycles. The summed E-state index contributed by atoms with van der Waals surface area (Å²) in [4.78, 5) is 14.0. The maximum atomic E-state index is 10.0. The smallest absolute Gasteiger partial charge is 0.298 e. The van der Waals surface area contributed by atoms with Crippen LogP contribution in [0.2, 0.25) is 0 Å². The lowest BCUT2D eigenvalue weighted by Crippen LogP contribution is -1.95. The van der Waals surface area contributed by atoms with Crippen molar-refractivity contribution >= 4 is 6.47 Å². The number of aryl methyl sites for hydroxylation is 2. The third-order valence-corrected chi connectivity index (χ3v) is 1.45. The van der Waals surface area contributed by atoms with E-state index in [0.29, 0.717) is 12.2 Å². The van der Waals surface area contributed by atoms with E-state index in [0.717, 1.165) is 11.3 Å².